The first-order valence-corrected chi connectivity index (χ1v) is 19.9. The van der Waals surface area contributed by atoms with E-state index in [1.165, 1.54) is 82.8 Å². The molecule has 0 saturated heterocycles. The summed E-state index contributed by atoms with van der Waals surface area (Å²) in [6, 6.07) is 75.7. The fourth-order valence-corrected chi connectivity index (χ4v) is 9.54. The topological polar surface area (TPSA) is 8.17 Å². The van der Waals surface area contributed by atoms with Crippen molar-refractivity contribution in [2.75, 3.05) is 4.90 Å². The lowest BCUT2D eigenvalue weighted by Gasteiger charge is -2.31. The molecule has 0 unspecified atom stereocenters. The van der Waals surface area contributed by atoms with Crippen LogP contribution in [0.15, 0.2) is 206 Å². The van der Waals surface area contributed by atoms with Gasteiger partial charge in [-0.15, -0.1) is 0 Å². The smallest absolute Gasteiger partial charge is 0.0543 e. The minimum Gasteiger partial charge on any atom is -0.309 e. The largest absolute Gasteiger partial charge is 0.309 e. The van der Waals surface area contributed by atoms with E-state index in [9.17, 15) is 0 Å². The Kier molecular flexibility index (Phi) is 7.55. The van der Waals surface area contributed by atoms with Crippen LogP contribution in [-0.4, -0.2) is 4.57 Å². The third-order valence-electron chi connectivity index (χ3n) is 12.2. The van der Waals surface area contributed by atoms with E-state index in [0.717, 1.165) is 17.1 Å². The summed E-state index contributed by atoms with van der Waals surface area (Å²) in [5, 5.41) is 4.96. The molecular formula is C55H40N2. The molecule has 0 spiro atoms. The van der Waals surface area contributed by atoms with Gasteiger partial charge in [-0.1, -0.05) is 172 Å². The fourth-order valence-electron chi connectivity index (χ4n) is 9.54. The van der Waals surface area contributed by atoms with Gasteiger partial charge in [-0.25, -0.2) is 0 Å². The third kappa shape index (κ3) is 5.18. The van der Waals surface area contributed by atoms with Crippen molar-refractivity contribution in [2.45, 2.75) is 19.3 Å². The molecule has 0 N–H and O–H groups in total. The van der Waals surface area contributed by atoms with Gasteiger partial charge in [-0.05, 0) is 92.7 Å². The Morgan fingerprint density at radius 1 is 0.404 bits per heavy atom. The Morgan fingerprint density at radius 3 is 1.77 bits per heavy atom. The molecule has 9 aromatic carbocycles. The molecule has 2 heteroatoms. The van der Waals surface area contributed by atoms with Gasteiger partial charge in [0.15, 0.2) is 0 Å². The molecule has 1 aromatic heterocycles. The predicted molar refractivity (Wildman–Crippen MR) is 241 cm³/mol. The molecule has 2 nitrogen and oxygen atoms in total. The number of anilines is 3. The molecule has 0 aliphatic heterocycles. The number of para-hydroxylation sites is 3. The Hall–Kier alpha value is -7.16. The van der Waals surface area contributed by atoms with Crippen LogP contribution >= 0.6 is 0 Å². The summed E-state index contributed by atoms with van der Waals surface area (Å²) in [4.78, 5) is 2.50. The standard InChI is InChI=1S/C55H40N2/c1-55(2)48-28-12-8-27-46(48)54-49(55)29-17-33-53(54)56(50-30-13-9-24-43(50)37-18-4-3-5-19-37)40-22-16-21-39(34-40)47-36-41(35-38-20-6-7-23-42(38)47)57-51-31-14-10-25-44(51)45-26-11-15-32-52(45)57/h3-36H,1-2H3. The molecule has 0 saturated carbocycles. The first-order valence-electron chi connectivity index (χ1n) is 19.9. The molecule has 57 heavy (non-hydrogen) atoms. The average molecular weight is 729 g/mol. The summed E-state index contributed by atoms with van der Waals surface area (Å²) >= 11 is 0. The second-order valence-corrected chi connectivity index (χ2v) is 15.7. The highest BCUT2D eigenvalue weighted by Gasteiger charge is 2.38. The van der Waals surface area contributed by atoms with Gasteiger partial charge in [-0.2, -0.15) is 0 Å². The monoisotopic (exact) mass is 728 g/mol. The molecule has 0 radical (unpaired) electrons. The molecular weight excluding hydrogens is 689 g/mol. The normalized spacial score (nSPS) is 12.9. The lowest BCUT2D eigenvalue weighted by Crippen LogP contribution is -2.16. The van der Waals surface area contributed by atoms with Crippen LogP contribution in [0.1, 0.15) is 25.0 Å². The summed E-state index contributed by atoms with van der Waals surface area (Å²) < 4.78 is 2.43. The van der Waals surface area contributed by atoms with Crippen molar-refractivity contribution in [1.82, 2.24) is 4.57 Å². The molecule has 1 heterocycles. The quantitative estimate of drug-likeness (QED) is 0.165. The van der Waals surface area contributed by atoms with Gasteiger partial charge in [0, 0.05) is 38.7 Å². The summed E-state index contributed by atoms with van der Waals surface area (Å²) in [6.45, 7) is 4.72. The van der Waals surface area contributed by atoms with Crippen molar-refractivity contribution in [3.05, 3.63) is 217 Å². The van der Waals surface area contributed by atoms with Crippen molar-refractivity contribution in [2.24, 2.45) is 0 Å². The Balaban J connectivity index is 1.17. The Morgan fingerprint density at radius 2 is 0.982 bits per heavy atom. The number of benzene rings is 9. The van der Waals surface area contributed by atoms with Gasteiger partial charge < -0.3 is 9.47 Å². The van der Waals surface area contributed by atoms with E-state index < -0.39 is 0 Å². The van der Waals surface area contributed by atoms with Crippen molar-refractivity contribution in [1.29, 1.82) is 0 Å². The molecule has 0 fully saturated rings. The van der Waals surface area contributed by atoms with E-state index in [4.69, 9.17) is 0 Å². The number of nitrogens with zero attached hydrogens (tertiary/aromatic N) is 2. The summed E-state index contributed by atoms with van der Waals surface area (Å²) in [6.07, 6.45) is 0. The van der Waals surface area contributed by atoms with Crippen molar-refractivity contribution < 1.29 is 0 Å². The lowest BCUT2D eigenvalue weighted by molar-refractivity contribution is 0.660. The molecule has 11 rings (SSSR count). The molecule has 270 valence electrons. The summed E-state index contributed by atoms with van der Waals surface area (Å²) in [5.74, 6) is 0. The Bertz CT molecular complexity index is 3110. The first kappa shape index (κ1) is 33.2. The Labute approximate surface area is 333 Å². The van der Waals surface area contributed by atoms with Crippen LogP contribution in [0.2, 0.25) is 0 Å². The van der Waals surface area contributed by atoms with Crippen molar-refractivity contribution in [3.8, 4) is 39.1 Å². The van der Waals surface area contributed by atoms with Crippen LogP contribution in [0.4, 0.5) is 17.1 Å². The van der Waals surface area contributed by atoms with Crippen molar-refractivity contribution >= 4 is 49.6 Å². The van der Waals surface area contributed by atoms with Gasteiger partial charge in [0.2, 0.25) is 0 Å². The first-order chi connectivity index (χ1) is 28.1. The zero-order chi connectivity index (χ0) is 38.1. The van der Waals surface area contributed by atoms with Crippen molar-refractivity contribution in [3.63, 3.8) is 0 Å². The SMILES string of the molecule is CC1(C)c2ccccc2-c2c(N(c3cccc(-c4cc(-n5c6ccccc6c6ccccc65)cc5ccccc45)c3)c3ccccc3-c3ccccc3)cccc21. The molecule has 1 aliphatic carbocycles. The molecule has 1 aliphatic rings. The van der Waals surface area contributed by atoms with E-state index in [-0.39, 0.29) is 5.41 Å². The van der Waals surface area contributed by atoms with Gasteiger partial charge in [0.25, 0.3) is 0 Å². The second-order valence-electron chi connectivity index (χ2n) is 15.7. The van der Waals surface area contributed by atoms with Crippen LogP contribution < -0.4 is 4.90 Å². The van der Waals surface area contributed by atoms with Gasteiger partial charge in [-0.3, -0.25) is 0 Å². The van der Waals surface area contributed by atoms with E-state index in [2.05, 4.69) is 230 Å². The highest BCUT2D eigenvalue weighted by molar-refractivity contribution is 6.10. The van der Waals surface area contributed by atoms with Crippen LogP contribution in [0, 0.1) is 0 Å². The van der Waals surface area contributed by atoms with Crippen LogP contribution in [-0.2, 0) is 5.41 Å². The van der Waals surface area contributed by atoms with Gasteiger partial charge in [0.05, 0.1) is 22.4 Å². The van der Waals surface area contributed by atoms with Gasteiger partial charge in [0.1, 0.15) is 0 Å². The minimum atomic E-state index is -0.124. The number of rotatable bonds is 6. The number of aromatic nitrogens is 1. The highest BCUT2D eigenvalue weighted by atomic mass is 15.1. The maximum atomic E-state index is 2.50. The number of hydrogen-bond acceptors (Lipinski definition) is 1. The van der Waals surface area contributed by atoms with E-state index in [1.54, 1.807) is 0 Å². The third-order valence-corrected chi connectivity index (χ3v) is 12.2. The molecule has 0 atom stereocenters. The molecule has 0 amide bonds. The fraction of sp³-hybridized carbons (Fsp3) is 0.0545. The summed E-state index contributed by atoms with van der Waals surface area (Å²) in [5.41, 5.74) is 16.9. The average Bonchev–Trinajstić information content (AvgIpc) is 3.73. The zero-order valence-electron chi connectivity index (χ0n) is 32.0. The van der Waals surface area contributed by atoms with Gasteiger partial charge >= 0.3 is 0 Å². The predicted octanol–water partition coefficient (Wildman–Crippen LogP) is 15.0. The van der Waals surface area contributed by atoms with Crippen LogP contribution in [0.3, 0.4) is 0 Å². The summed E-state index contributed by atoms with van der Waals surface area (Å²) in [7, 11) is 0. The zero-order valence-corrected chi connectivity index (χ0v) is 32.0. The van der Waals surface area contributed by atoms with E-state index >= 15 is 0 Å². The maximum absolute atomic E-state index is 2.50. The van der Waals surface area contributed by atoms with Crippen LogP contribution in [0.5, 0.6) is 0 Å². The molecule has 0 bridgehead atoms. The highest BCUT2D eigenvalue weighted by Crippen LogP contribution is 2.55. The van der Waals surface area contributed by atoms with E-state index in [0.29, 0.717) is 0 Å². The second kappa shape index (κ2) is 13.0. The lowest BCUT2D eigenvalue weighted by atomic mass is 9.82. The maximum Gasteiger partial charge on any atom is 0.0543 e. The number of hydrogen-bond donors (Lipinski definition) is 0. The van der Waals surface area contributed by atoms with Crippen LogP contribution in [0.25, 0.3) is 71.6 Å². The van der Waals surface area contributed by atoms with E-state index in [1.807, 2.05) is 0 Å². The minimum absolute atomic E-state index is 0.124. The molecule has 10 aromatic rings. The number of fused-ring (bicyclic) bond motifs is 7.